The van der Waals surface area contributed by atoms with Crippen LogP contribution in [0.4, 0.5) is 0 Å². The summed E-state index contributed by atoms with van der Waals surface area (Å²) < 4.78 is 5.60. The highest BCUT2D eigenvalue weighted by Gasteiger charge is 2.15. The summed E-state index contributed by atoms with van der Waals surface area (Å²) in [6.07, 6.45) is 1.09. The number of carboxylic acids is 1. The number of rotatable bonds is 8. The van der Waals surface area contributed by atoms with Gasteiger partial charge in [-0.05, 0) is 44.9 Å². The second kappa shape index (κ2) is 7.90. The predicted octanol–water partition coefficient (Wildman–Crippen LogP) is 3.16. The van der Waals surface area contributed by atoms with Crippen molar-refractivity contribution in [2.45, 2.75) is 52.8 Å². The Morgan fingerprint density at radius 1 is 1.25 bits per heavy atom. The number of benzene rings is 1. The van der Waals surface area contributed by atoms with E-state index in [9.17, 15) is 4.79 Å². The molecule has 1 aromatic rings. The first-order valence-electron chi connectivity index (χ1n) is 7.13. The molecule has 0 aliphatic rings. The molecule has 0 aliphatic heterocycles. The number of ether oxygens (including phenoxy) is 1. The Kier molecular flexibility index (Phi) is 6.52. The van der Waals surface area contributed by atoms with Gasteiger partial charge in [-0.3, -0.25) is 9.69 Å². The maximum atomic E-state index is 10.9. The molecule has 0 heterocycles. The summed E-state index contributed by atoms with van der Waals surface area (Å²) in [5.74, 6) is 0.0575. The zero-order chi connectivity index (χ0) is 15.1. The maximum absolute atomic E-state index is 10.9. The Morgan fingerprint density at radius 3 is 2.30 bits per heavy atom. The molecule has 0 fully saturated rings. The Morgan fingerprint density at radius 2 is 1.85 bits per heavy atom. The van der Waals surface area contributed by atoms with E-state index < -0.39 is 5.97 Å². The molecule has 1 N–H and O–H groups in total. The lowest BCUT2D eigenvalue weighted by atomic mass is 10.1. The van der Waals surface area contributed by atoms with Gasteiger partial charge in [0.25, 0.3) is 0 Å². The van der Waals surface area contributed by atoms with Gasteiger partial charge in [0.1, 0.15) is 5.75 Å². The number of nitrogens with zero attached hydrogens (tertiary/aromatic N) is 1. The number of hydrogen-bond acceptors (Lipinski definition) is 3. The molecule has 112 valence electrons. The van der Waals surface area contributed by atoms with Gasteiger partial charge >= 0.3 is 5.97 Å². The summed E-state index contributed by atoms with van der Waals surface area (Å²) in [5, 5.41) is 8.99. The van der Waals surface area contributed by atoms with E-state index in [1.807, 2.05) is 43.0 Å². The number of carbonyl (C=O) groups is 1. The molecule has 1 rings (SSSR count). The van der Waals surface area contributed by atoms with Crippen LogP contribution in [0.2, 0.25) is 0 Å². The molecule has 0 bridgehead atoms. The van der Waals surface area contributed by atoms with Crippen molar-refractivity contribution in [1.82, 2.24) is 4.90 Å². The summed E-state index contributed by atoms with van der Waals surface area (Å²) in [6.45, 7) is 8.82. The zero-order valence-corrected chi connectivity index (χ0v) is 12.8. The molecule has 0 aliphatic carbocycles. The highest BCUT2D eigenvalue weighted by atomic mass is 16.5. The van der Waals surface area contributed by atoms with Crippen LogP contribution in [-0.4, -0.2) is 34.7 Å². The molecule has 0 radical (unpaired) electrons. The molecule has 0 amide bonds. The summed E-state index contributed by atoms with van der Waals surface area (Å²) in [6, 6.07) is 8.11. The Balaban J connectivity index is 2.70. The topological polar surface area (TPSA) is 49.8 Å². The molecular formula is C16H25NO3. The van der Waals surface area contributed by atoms with Crippen LogP contribution < -0.4 is 4.74 Å². The fourth-order valence-corrected chi connectivity index (χ4v) is 1.98. The van der Waals surface area contributed by atoms with E-state index in [0.29, 0.717) is 6.54 Å². The third-order valence-electron chi connectivity index (χ3n) is 3.23. The van der Waals surface area contributed by atoms with Gasteiger partial charge in [0.05, 0.1) is 12.6 Å². The first-order valence-corrected chi connectivity index (χ1v) is 7.13. The third-order valence-corrected chi connectivity index (χ3v) is 3.23. The van der Waals surface area contributed by atoms with Crippen molar-refractivity contribution in [3.05, 3.63) is 29.8 Å². The average Bonchev–Trinajstić information content (AvgIpc) is 2.38. The van der Waals surface area contributed by atoms with Gasteiger partial charge in [0.2, 0.25) is 0 Å². The van der Waals surface area contributed by atoms with E-state index in [2.05, 4.69) is 13.8 Å². The van der Waals surface area contributed by atoms with Gasteiger partial charge in [-0.1, -0.05) is 19.1 Å². The van der Waals surface area contributed by atoms with E-state index in [0.717, 1.165) is 17.7 Å². The van der Waals surface area contributed by atoms with Crippen molar-refractivity contribution in [2.24, 2.45) is 0 Å². The SMILES string of the molecule is CCC(C)N(CC(=O)O)Cc1ccc(OC(C)C)cc1. The lowest BCUT2D eigenvalue weighted by molar-refractivity contribution is -0.139. The second-order valence-electron chi connectivity index (χ2n) is 5.37. The van der Waals surface area contributed by atoms with E-state index in [1.165, 1.54) is 0 Å². The molecule has 0 saturated heterocycles. The van der Waals surface area contributed by atoms with Crippen LogP contribution in [0.15, 0.2) is 24.3 Å². The zero-order valence-electron chi connectivity index (χ0n) is 12.8. The van der Waals surface area contributed by atoms with Crippen molar-refractivity contribution < 1.29 is 14.6 Å². The molecular weight excluding hydrogens is 254 g/mol. The summed E-state index contributed by atoms with van der Waals surface area (Å²) in [7, 11) is 0. The fourth-order valence-electron chi connectivity index (χ4n) is 1.98. The van der Waals surface area contributed by atoms with Crippen LogP contribution >= 0.6 is 0 Å². The van der Waals surface area contributed by atoms with Crippen molar-refractivity contribution >= 4 is 5.97 Å². The van der Waals surface area contributed by atoms with Crippen molar-refractivity contribution in [3.8, 4) is 5.75 Å². The first-order chi connectivity index (χ1) is 9.42. The lowest BCUT2D eigenvalue weighted by Crippen LogP contribution is -2.36. The number of aliphatic carboxylic acids is 1. The summed E-state index contributed by atoms with van der Waals surface area (Å²) >= 11 is 0. The number of hydrogen-bond donors (Lipinski definition) is 1. The Hall–Kier alpha value is -1.55. The van der Waals surface area contributed by atoms with Crippen molar-refractivity contribution in [3.63, 3.8) is 0 Å². The van der Waals surface area contributed by atoms with E-state index >= 15 is 0 Å². The molecule has 4 heteroatoms. The lowest BCUT2D eigenvalue weighted by Gasteiger charge is -2.26. The molecule has 0 saturated carbocycles. The molecule has 1 aromatic carbocycles. The molecule has 0 spiro atoms. The van der Waals surface area contributed by atoms with Gasteiger partial charge in [0.15, 0.2) is 0 Å². The van der Waals surface area contributed by atoms with E-state index in [1.54, 1.807) is 0 Å². The highest BCUT2D eigenvalue weighted by Crippen LogP contribution is 2.16. The summed E-state index contributed by atoms with van der Waals surface area (Å²) in [4.78, 5) is 12.9. The van der Waals surface area contributed by atoms with Crippen LogP contribution in [0.1, 0.15) is 39.7 Å². The molecule has 4 nitrogen and oxygen atoms in total. The van der Waals surface area contributed by atoms with Gasteiger partial charge in [-0.15, -0.1) is 0 Å². The normalized spacial score (nSPS) is 12.7. The van der Waals surface area contributed by atoms with Gasteiger partial charge in [0, 0.05) is 12.6 Å². The Bertz CT molecular complexity index is 414. The fraction of sp³-hybridized carbons (Fsp3) is 0.562. The van der Waals surface area contributed by atoms with Crippen LogP contribution in [-0.2, 0) is 11.3 Å². The van der Waals surface area contributed by atoms with Gasteiger partial charge in [-0.25, -0.2) is 0 Å². The monoisotopic (exact) mass is 279 g/mol. The van der Waals surface area contributed by atoms with Crippen LogP contribution in [0.3, 0.4) is 0 Å². The average molecular weight is 279 g/mol. The molecule has 1 atom stereocenters. The summed E-state index contributed by atoms with van der Waals surface area (Å²) in [5.41, 5.74) is 1.10. The van der Waals surface area contributed by atoms with Gasteiger partial charge < -0.3 is 9.84 Å². The molecule has 0 aromatic heterocycles. The smallest absolute Gasteiger partial charge is 0.317 e. The minimum Gasteiger partial charge on any atom is -0.491 e. The van der Waals surface area contributed by atoms with Crippen molar-refractivity contribution in [2.75, 3.05) is 6.54 Å². The first kappa shape index (κ1) is 16.5. The van der Waals surface area contributed by atoms with E-state index in [-0.39, 0.29) is 18.7 Å². The largest absolute Gasteiger partial charge is 0.491 e. The molecule has 1 unspecified atom stereocenters. The standard InChI is InChI=1S/C16H25NO3/c1-5-13(4)17(11-16(18)19)10-14-6-8-15(9-7-14)20-12(2)3/h6-9,12-13H,5,10-11H2,1-4H3,(H,18,19). The predicted molar refractivity (Wildman–Crippen MR) is 80.0 cm³/mol. The van der Waals surface area contributed by atoms with Crippen LogP contribution in [0.5, 0.6) is 5.75 Å². The van der Waals surface area contributed by atoms with Crippen LogP contribution in [0.25, 0.3) is 0 Å². The highest BCUT2D eigenvalue weighted by molar-refractivity contribution is 5.69. The third kappa shape index (κ3) is 5.61. The minimum atomic E-state index is -0.787. The van der Waals surface area contributed by atoms with Crippen molar-refractivity contribution in [1.29, 1.82) is 0 Å². The number of carboxylic acid groups (broad SMARTS) is 1. The van der Waals surface area contributed by atoms with Crippen LogP contribution in [0, 0.1) is 0 Å². The second-order valence-corrected chi connectivity index (χ2v) is 5.37. The quantitative estimate of drug-likeness (QED) is 0.794. The maximum Gasteiger partial charge on any atom is 0.317 e. The van der Waals surface area contributed by atoms with E-state index in [4.69, 9.17) is 9.84 Å². The Labute approximate surface area is 121 Å². The van der Waals surface area contributed by atoms with Gasteiger partial charge in [-0.2, -0.15) is 0 Å². The minimum absolute atomic E-state index is 0.0687. The molecule has 20 heavy (non-hydrogen) atoms.